The third-order valence-electron chi connectivity index (χ3n) is 19.0. The second kappa shape index (κ2) is 23.2. The number of hydrogen-bond donors (Lipinski definition) is 13. The van der Waals surface area contributed by atoms with Gasteiger partial charge in [0.05, 0.1) is 45.7 Å². The SMILES string of the molecule is COc1ccc(C)c(C2CC3C4CC=C5CC(OC6O[C@H](CO)[C@@H](O[C@@H]7O[C@H](CO)[C@@H](O)[C@H](O)[C@H]7O)[C@H](O)[C@H]6O)CCC5(C)C4CCC3(C)C2C(C)OC2O[C@H](CO)[C@@H](O[C@@H]3O[C@H](CO)[C@@H](O)[C@H](O)C3=O)[C@H](O)[C@H]2O)c1. The third-order valence-corrected chi connectivity index (χ3v) is 19.0. The van der Waals surface area contributed by atoms with E-state index in [0.29, 0.717) is 24.5 Å². The topological polar surface area (TPSA) is 363 Å². The van der Waals surface area contributed by atoms with Crippen LogP contribution in [0.3, 0.4) is 0 Å². The van der Waals surface area contributed by atoms with Crippen LogP contribution in [0.1, 0.15) is 82.8 Å². The molecule has 8 aliphatic rings. The van der Waals surface area contributed by atoms with E-state index in [4.69, 9.17) is 42.6 Å². The van der Waals surface area contributed by atoms with Crippen molar-refractivity contribution in [1.82, 2.24) is 0 Å². The smallest absolute Gasteiger partial charge is 0.221 e. The number of ketones is 1. The summed E-state index contributed by atoms with van der Waals surface area (Å²) in [6, 6.07) is 6.04. The molecule has 0 radical (unpaired) electrons. The van der Waals surface area contributed by atoms with Crippen LogP contribution in [0.15, 0.2) is 29.8 Å². The summed E-state index contributed by atoms with van der Waals surface area (Å²) >= 11 is 0. The van der Waals surface area contributed by atoms with Gasteiger partial charge in [-0.1, -0.05) is 31.6 Å². The number of benzene rings is 1. The number of carbonyl (C=O) groups is 1. The Morgan fingerprint density at radius 2 is 1.26 bits per heavy atom. The van der Waals surface area contributed by atoms with E-state index >= 15 is 0 Å². The first-order valence-corrected chi connectivity index (χ1v) is 26.8. The van der Waals surface area contributed by atoms with E-state index in [1.165, 1.54) is 5.57 Å². The van der Waals surface area contributed by atoms with E-state index < -0.39 is 161 Å². The predicted molar refractivity (Wildman–Crippen MR) is 258 cm³/mol. The van der Waals surface area contributed by atoms with Crippen molar-refractivity contribution in [2.45, 2.75) is 207 Å². The normalized spacial score (nSPS) is 49.1. The maximum atomic E-state index is 12.9. The summed E-state index contributed by atoms with van der Waals surface area (Å²) in [5.74, 6) is 0.199. The van der Waals surface area contributed by atoms with Gasteiger partial charge >= 0.3 is 0 Å². The number of aliphatic hydroxyl groups is 13. The molecule has 4 heterocycles. The van der Waals surface area contributed by atoms with Crippen LogP contribution in [0.4, 0.5) is 0 Å². The second-order valence-electron chi connectivity index (χ2n) is 23.1. The van der Waals surface area contributed by atoms with Gasteiger partial charge < -0.3 is 109 Å². The Labute approximate surface area is 440 Å². The van der Waals surface area contributed by atoms with Crippen LogP contribution < -0.4 is 4.74 Å². The third kappa shape index (κ3) is 10.4. The molecule has 0 aromatic heterocycles. The average Bonchev–Trinajstić information content (AvgIpc) is 3.80. The number of rotatable bonds is 15. The van der Waals surface area contributed by atoms with E-state index in [1.54, 1.807) is 7.11 Å². The monoisotopic (exact) mass is 1080 g/mol. The van der Waals surface area contributed by atoms with E-state index in [2.05, 4.69) is 32.9 Å². The predicted octanol–water partition coefficient (Wildman–Crippen LogP) is -2.48. The summed E-state index contributed by atoms with van der Waals surface area (Å²) in [5, 5.41) is 138. The Balaban J connectivity index is 0.901. The van der Waals surface area contributed by atoms with Crippen LogP contribution in [-0.2, 0) is 42.7 Å². The first kappa shape index (κ1) is 58.3. The van der Waals surface area contributed by atoms with E-state index in [0.717, 1.165) is 43.2 Å². The molecule has 4 aliphatic heterocycles. The largest absolute Gasteiger partial charge is 0.497 e. The van der Waals surface area contributed by atoms with E-state index in [1.807, 2.05) is 19.1 Å². The highest BCUT2D eigenvalue weighted by Gasteiger charge is 2.64. The van der Waals surface area contributed by atoms with Crippen LogP contribution in [-0.4, -0.2) is 235 Å². The van der Waals surface area contributed by atoms with Gasteiger partial charge in [-0.2, -0.15) is 0 Å². The molecule has 4 saturated heterocycles. The molecule has 13 N–H and O–H groups in total. The van der Waals surface area contributed by atoms with Crippen LogP contribution in [0.2, 0.25) is 0 Å². The first-order valence-electron chi connectivity index (χ1n) is 26.8. The lowest BCUT2D eigenvalue weighted by Gasteiger charge is -2.58. The number of methoxy groups -OCH3 is 1. The summed E-state index contributed by atoms with van der Waals surface area (Å²) in [6.07, 6.45) is -23.8. The Morgan fingerprint density at radius 1 is 0.671 bits per heavy atom. The fraction of sp³-hybridized carbons (Fsp3) is 0.830. The molecular weight excluding hydrogens is 1000 g/mol. The molecule has 430 valence electrons. The van der Waals surface area contributed by atoms with Crippen LogP contribution in [0.25, 0.3) is 0 Å². The molecular formula is C53H80O23. The fourth-order valence-corrected chi connectivity index (χ4v) is 14.9. The summed E-state index contributed by atoms with van der Waals surface area (Å²) in [7, 11) is 1.62. The van der Waals surface area contributed by atoms with Gasteiger partial charge in [0.15, 0.2) is 18.9 Å². The molecule has 23 nitrogen and oxygen atoms in total. The minimum Gasteiger partial charge on any atom is -0.497 e. The number of allylic oxidation sites excluding steroid dienone is 1. The van der Waals surface area contributed by atoms with Gasteiger partial charge in [-0.3, -0.25) is 4.79 Å². The molecule has 0 bridgehead atoms. The van der Waals surface area contributed by atoms with Gasteiger partial charge in [0.25, 0.3) is 0 Å². The number of aryl methyl sites for hydroxylation is 1. The Bertz CT molecular complexity index is 2180. The highest BCUT2D eigenvalue weighted by Crippen LogP contribution is 2.70. The quantitative estimate of drug-likeness (QED) is 0.0809. The van der Waals surface area contributed by atoms with Gasteiger partial charge in [-0.15, -0.1) is 0 Å². The molecule has 1 aromatic carbocycles. The molecule has 1 aromatic rings. The fourth-order valence-electron chi connectivity index (χ4n) is 14.9. The Hall–Kier alpha value is -2.41. The van der Waals surface area contributed by atoms with Gasteiger partial charge in [-0.25, -0.2) is 0 Å². The molecule has 4 aliphatic carbocycles. The molecule has 28 atom stereocenters. The zero-order chi connectivity index (χ0) is 54.9. The average molecular weight is 1090 g/mol. The van der Waals surface area contributed by atoms with E-state index in [-0.39, 0.29) is 34.5 Å². The molecule has 7 fully saturated rings. The van der Waals surface area contributed by atoms with Crippen LogP contribution in [0.5, 0.6) is 5.75 Å². The van der Waals surface area contributed by atoms with Gasteiger partial charge in [0, 0.05) is 0 Å². The molecule has 0 amide bonds. The molecule has 3 saturated carbocycles. The summed E-state index contributed by atoms with van der Waals surface area (Å²) in [6.45, 7) is 5.78. The van der Waals surface area contributed by atoms with Crippen LogP contribution >= 0.6 is 0 Å². The number of hydrogen-bond acceptors (Lipinski definition) is 23. The van der Waals surface area contributed by atoms with Crippen molar-refractivity contribution in [3.63, 3.8) is 0 Å². The Morgan fingerprint density at radius 3 is 1.92 bits per heavy atom. The molecule has 0 spiro atoms. The summed E-state index contributed by atoms with van der Waals surface area (Å²) in [4.78, 5) is 12.9. The lowest BCUT2D eigenvalue weighted by atomic mass is 9.47. The zero-order valence-electron chi connectivity index (χ0n) is 43.5. The maximum Gasteiger partial charge on any atom is 0.221 e. The Kier molecular flexibility index (Phi) is 17.8. The molecule has 9 rings (SSSR count). The van der Waals surface area contributed by atoms with Crippen molar-refractivity contribution in [2.24, 2.45) is 34.5 Å². The number of Topliss-reactive ketones (excluding diaryl/α,β-unsaturated/α-hetero) is 1. The zero-order valence-corrected chi connectivity index (χ0v) is 43.5. The highest BCUT2D eigenvalue weighted by molar-refractivity contribution is 5.87. The second-order valence-corrected chi connectivity index (χ2v) is 23.1. The van der Waals surface area contributed by atoms with Gasteiger partial charge in [-0.05, 0) is 122 Å². The standard InChI is InChI=1S/C53H80O23/c1-21-6-8-24(68-5)15-27(21)28-16-30-26-9-7-23-14-25(70-49-45(67)41(63)47(34(20-57)74-49)76-51-43(65)39(61)37(59)32(18-55)72-51)10-12-52(23,3)29(26)11-13-53(30,4)35(28)22(2)69-48-44(66)40(62)46(33(19-56)73-48)75-50-42(64)38(60)36(58)31(17-54)71-50/h6-8,15,22,25-26,28-41,43-51,54-63,65-67H,9-14,16-20H2,1-5H3/t22?,25?,26?,28?,29?,30?,31-,32-,33-,34-,35?,36-,37-,38+,39+,40-,41-,43-,44-,45-,46-,47-,48?,49?,50+,51+,52?,53?/m1/s1. The lowest BCUT2D eigenvalue weighted by molar-refractivity contribution is -0.363. The number of fused-ring (bicyclic) bond motifs is 5. The highest BCUT2D eigenvalue weighted by atomic mass is 16.8. The summed E-state index contributed by atoms with van der Waals surface area (Å²) < 4.78 is 53.3. The van der Waals surface area contributed by atoms with Crippen molar-refractivity contribution in [1.29, 1.82) is 0 Å². The van der Waals surface area contributed by atoms with Gasteiger partial charge in [0.1, 0.15) is 97.3 Å². The molecule has 23 heteroatoms. The molecule has 76 heavy (non-hydrogen) atoms. The maximum absolute atomic E-state index is 12.9. The minimum atomic E-state index is -1.96. The van der Waals surface area contributed by atoms with Crippen LogP contribution in [0, 0.1) is 41.4 Å². The van der Waals surface area contributed by atoms with Crippen molar-refractivity contribution in [2.75, 3.05) is 33.5 Å². The van der Waals surface area contributed by atoms with Crippen molar-refractivity contribution in [3.8, 4) is 5.75 Å². The van der Waals surface area contributed by atoms with Gasteiger partial charge in [0.2, 0.25) is 12.1 Å². The number of carbonyl (C=O) groups excluding carboxylic acids is 1. The van der Waals surface area contributed by atoms with Crippen molar-refractivity contribution >= 4 is 5.78 Å². The van der Waals surface area contributed by atoms with Crippen molar-refractivity contribution in [3.05, 3.63) is 41.0 Å². The minimum absolute atomic E-state index is 0.0468. The number of ether oxygens (including phenoxy) is 9. The molecule has 11 unspecified atom stereocenters. The van der Waals surface area contributed by atoms with E-state index in [9.17, 15) is 71.2 Å². The first-order chi connectivity index (χ1) is 36.1. The number of aliphatic hydroxyl groups excluding tert-OH is 13. The van der Waals surface area contributed by atoms with Crippen molar-refractivity contribution < 1.29 is 114 Å². The lowest BCUT2D eigenvalue weighted by Crippen LogP contribution is -2.65. The summed E-state index contributed by atoms with van der Waals surface area (Å²) in [5.41, 5.74) is 2.91.